The molecule has 16 heavy (non-hydrogen) atoms. The van der Waals surface area contributed by atoms with E-state index in [-0.39, 0.29) is 5.91 Å². The summed E-state index contributed by atoms with van der Waals surface area (Å²) >= 11 is 5.73. The van der Waals surface area contributed by atoms with Gasteiger partial charge in [0.05, 0.1) is 5.41 Å². The Balaban J connectivity index is 2.56. The third-order valence-corrected chi connectivity index (χ3v) is 3.15. The highest BCUT2D eigenvalue weighted by molar-refractivity contribution is 6.19. The fourth-order valence-electron chi connectivity index (χ4n) is 1.30. The van der Waals surface area contributed by atoms with Crippen LogP contribution in [0, 0.1) is 12.3 Å². The van der Waals surface area contributed by atoms with Crippen LogP contribution in [-0.2, 0) is 11.3 Å². The van der Waals surface area contributed by atoms with Crippen molar-refractivity contribution in [1.29, 1.82) is 0 Å². The lowest BCUT2D eigenvalue weighted by Gasteiger charge is -2.20. The maximum absolute atomic E-state index is 11.8. The number of aryl methyl sites for hydroxylation is 1. The molecule has 2 nitrogen and oxygen atoms in total. The molecular weight excluding hydrogens is 222 g/mol. The van der Waals surface area contributed by atoms with E-state index >= 15 is 0 Å². The van der Waals surface area contributed by atoms with Crippen LogP contribution in [0.3, 0.4) is 0 Å². The molecule has 0 aliphatic rings. The SMILES string of the molecule is Cc1cccc(CNC(=O)C(C)(C)CCl)c1. The first kappa shape index (κ1) is 13.0. The fraction of sp³-hybridized carbons (Fsp3) is 0.462. The van der Waals surface area contributed by atoms with Gasteiger partial charge in [-0.1, -0.05) is 29.8 Å². The number of rotatable bonds is 4. The molecule has 0 saturated carbocycles. The Morgan fingerprint density at radius 3 is 2.69 bits per heavy atom. The minimum absolute atomic E-state index is 0.0102. The zero-order chi connectivity index (χ0) is 12.2. The van der Waals surface area contributed by atoms with Crippen molar-refractivity contribution in [3.05, 3.63) is 35.4 Å². The summed E-state index contributed by atoms with van der Waals surface area (Å²) in [6.45, 7) is 6.27. The number of halogens is 1. The van der Waals surface area contributed by atoms with E-state index in [1.54, 1.807) is 0 Å². The summed E-state index contributed by atoms with van der Waals surface area (Å²) in [6, 6.07) is 8.09. The molecule has 3 heteroatoms. The summed E-state index contributed by atoms with van der Waals surface area (Å²) in [5.41, 5.74) is 1.80. The molecule has 0 atom stereocenters. The van der Waals surface area contributed by atoms with Crippen LogP contribution in [0.15, 0.2) is 24.3 Å². The standard InChI is InChI=1S/C13H18ClNO/c1-10-5-4-6-11(7-10)8-15-12(16)13(2,3)9-14/h4-7H,8-9H2,1-3H3,(H,15,16). The Morgan fingerprint density at radius 1 is 1.44 bits per heavy atom. The van der Waals surface area contributed by atoms with Crippen LogP contribution in [0.2, 0.25) is 0 Å². The molecule has 1 rings (SSSR count). The number of hydrogen-bond acceptors (Lipinski definition) is 1. The van der Waals surface area contributed by atoms with Gasteiger partial charge in [-0.15, -0.1) is 11.6 Å². The molecule has 0 unspecified atom stereocenters. The second kappa shape index (κ2) is 5.35. The molecule has 0 radical (unpaired) electrons. The van der Waals surface area contributed by atoms with Gasteiger partial charge in [0.25, 0.3) is 0 Å². The third-order valence-electron chi connectivity index (χ3n) is 2.48. The predicted molar refractivity (Wildman–Crippen MR) is 67.5 cm³/mol. The monoisotopic (exact) mass is 239 g/mol. The highest BCUT2D eigenvalue weighted by atomic mass is 35.5. The maximum atomic E-state index is 11.8. The molecule has 88 valence electrons. The largest absolute Gasteiger partial charge is 0.352 e. The topological polar surface area (TPSA) is 29.1 Å². The lowest BCUT2D eigenvalue weighted by molar-refractivity contribution is -0.128. The van der Waals surface area contributed by atoms with Crippen LogP contribution in [0.25, 0.3) is 0 Å². The van der Waals surface area contributed by atoms with E-state index in [2.05, 4.69) is 11.4 Å². The van der Waals surface area contributed by atoms with Crippen molar-refractivity contribution in [1.82, 2.24) is 5.32 Å². The first-order chi connectivity index (χ1) is 7.45. The molecule has 0 aliphatic heterocycles. The van der Waals surface area contributed by atoms with Gasteiger partial charge in [0.2, 0.25) is 5.91 Å². The Labute approximate surface area is 102 Å². The molecule has 0 aliphatic carbocycles. The summed E-state index contributed by atoms with van der Waals surface area (Å²) < 4.78 is 0. The normalized spacial score (nSPS) is 11.2. The van der Waals surface area contributed by atoms with E-state index in [0.29, 0.717) is 12.4 Å². The highest BCUT2D eigenvalue weighted by Crippen LogP contribution is 2.17. The Morgan fingerprint density at radius 2 is 2.12 bits per heavy atom. The molecule has 0 saturated heterocycles. The number of amides is 1. The van der Waals surface area contributed by atoms with E-state index < -0.39 is 5.41 Å². The van der Waals surface area contributed by atoms with Gasteiger partial charge in [0.1, 0.15) is 0 Å². The zero-order valence-electron chi connectivity index (χ0n) is 10.0. The number of carbonyl (C=O) groups is 1. The van der Waals surface area contributed by atoms with Crippen molar-refractivity contribution >= 4 is 17.5 Å². The van der Waals surface area contributed by atoms with E-state index in [4.69, 9.17) is 11.6 Å². The minimum atomic E-state index is -0.509. The highest BCUT2D eigenvalue weighted by Gasteiger charge is 2.25. The molecule has 0 aromatic heterocycles. The van der Waals surface area contributed by atoms with Crippen LogP contribution in [-0.4, -0.2) is 11.8 Å². The van der Waals surface area contributed by atoms with Gasteiger partial charge in [-0.3, -0.25) is 4.79 Å². The van der Waals surface area contributed by atoms with Crippen molar-refractivity contribution in [2.24, 2.45) is 5.41 Å². The number of hydrogen-bond donors (Lipinski definition) is 1. The van der Waals surface area contributed by atoms with E-state index in [0.717, 1.165) is 5.56 Å². The number of nitrogens with one attached hydrogen (secondary N) is 1. The van der Waals surface area contributed by atoms with Crippen LogP contribution in [0.5, 0.6) is 0 Å². The Hall–Kier alpha value is -1.02. The molecule has 1 aromatic carbocycles. The Kier molecular flexibility index (Phi) is 4.36. The van der Waals surface area contributed by atoms with E-state index in [1.165, 1.54) is 5.56 Å². The number of carbonyl (C=O) groups excluding carboxylic acids is 1. The average Bonchev–Trinajstić information content (AvgIpc) is 2.26. The van der Waals surface area contributed by atoms with Gasteiger partial charge in [-0.2, -0.15) is 0 Å². The van der Waals surface area contributed by atoms with Crippen LogP contribution < -0.4 is 5.32 Å². The van der Waals surface area contributed by atoms with Gasteiger partial charge < -0.3 is 5.32 Å². The second-order valence-electron chi connectivity index (χ2n) is 4.69. The summed E-state index contributed by atoms with van der Waals surface area (Å²) in [4.78, 5) is 11.8. The first-order valence-corrected chi connectivity index (χ1v) is 5.89. The summed E-state index contributed by atoms with van der Waals surface area (Å²) in [6.07, 6.45) is 0. The van der Waals surface area contributed by atoms with Crippen molar-refractivity contribution in [2.75, 3.05) is 5.88 Å². The van der Waals surface area contributed by atoms with Crippen LogP contribution in [0.1, 0.15) is 25.0 Å². The Bertz CT molecular complexity index is 374. The van der Waals surface area contributed by atoms with Crippen molar-refractivity contribution in [2.45, 2.75) is 27.3 Å². The number of benzene rings is 1. The van der Waals surface area contributed by atoms with Gasteiger partial charge in [-0.25, -0.2) is 0 Å². The van der Waals surface area contributed by atoms with Gasteiger partial charge >= 0.3 is 0 Å². The van der Waals surface area contributed by atoms with Crippen molar-refractivity contribution in [3.63, 3.8) is 0 Å². The smallest absolute Gasteiger partial charge is 0.227 e. The molecule has 1 N–H and O–H groups in total. The minimum Gasteiger partial charge on any atom is -0.352 e. The van der Waals surface area contributed by atoms with Crippen molar-refractivity contribution in [3.8, 4) is 0 Å². The summed E-state index contributed by atoms with van der Waals surface area (Å²) in [7, 11) is 0. The number of alkyl halides is 1. The predicted octanol–water partition coefficient (Wildman–Crippen LogP) is 2.88. The lowest BCUT2D eigenvalue weighted by atomic mass is 9.95. The molecular formula is C13H18ClNO. The van der Waals surface area contributed by atoms with Gasteiger partial charge in [0, 0.05) is 12.4 Å². The average molecular weight is 240 g/mol. The molecule has 1 amide bonds. The maximum Gasteiger partial charge on any atom is 0.227 e. The molecule has 0 bridgehead atoms. The summed E-state index contributed by atoms with van der Waals surface area (Å²) in [5.74, 6) is 0.316. The van der Waals surface area contributed by atoms with Crippen LogP contribution >= 0.6 is 11.6 Å². The van der Waals surface area contributed by atoms with Crippen LogP contribution in [0.4, 0.5) is 0 Å². The van der Waals surface area contributed by atoms with Gasteiger partial charge in [-0.05, 0) is 26.3 Å². The molecule has 0 heterocycles. The summed E-state index contributed by atoms with van der Waals surface area (Å²) in [5, 5.41) is 2.89. The molecule has 0 spiro atoms. The quantitative estimate of drug-likeness (QED) is 0.805. The molecule has 0 fully saturated rings. The molecule has 1 aromatic rings. The zero-order valence-corrected chi connectivity index (χ0v) is 10.8. The van der Waals surface area contributed by atoms with Gasteiger partial charge in [0.15, 0.2) is 0 Å². The van der Waals surface area contributed by atoms with E-state index in [9.17, 15) is 4.79 Å². The first-order valence-electron chi connectivity index (χ1n) is 5.35. The van der Waals surface area contributed by atoms with E-state index in [1.807, 2.05) is 39.0 Å². The second-order valence-corrected chi connectivity index (χ2v) is 4.96. The fourth-order valence-corrected chi connectivity index (χ4v) is 1.43. The third kappa shape index (κ3) is 3.53. The van der Waals surface area contributed by atoms with Crippen molar-refractivity contribution < 1.29 is 4.79 Å². The lowest BCUT2D eigenvalue weighted by Crippen LogP contribution is -2.37.